The van der Waals surface area contributed by atoms with Crippen LogP contribution in [0.2, 0.25) is 0 Å². The van der Waals surface area contributed by atoms with Gasteiger partial charge in [-0.3, -0.25) is 0 Å². The molecule has 1 unspecified atom stereocenters. The summed E-state index contributed by atoms with van der Waals surface area (Å²) in [6, 6.07) is 3.35. The number of rotatable bonds is 2. The van der Waals surface area contributed by atoms with Crippen molar-refractivity contribution in [2.24, 2.45) is 11.1 Å². The second kappa shape index (κ2) is 4.90. The third kappa shape index (κ3) is 2.67. The molecule has 2 rings (SSSR count). The van der Waals surface area contributed by atoms with Gasteiger partial charge in [0.25, 0.3) is 0 Å². The Labute approximate surface area is 118 Å². The minimum absolute atomic E-state index is 0.148. The van der Waals surface area contributed by atoms with E-state index in [2.05, 4.69) is 10.1 Å². The summed E-state index contributed by atoms with van der Waals surface area (Å²) in [5, 5.41) is 13.8. The molecule has 5 heteroatoms. The Balaban J connectivity index is 2.39. The first-order chi connectivity index (χ1) is 9.20. The molecule has 1 aromatic carbocycles. The average molecular weight is 275 g/mol. The van der Waals surface area contributed by atoms with Gasteiger partial charge in [-0.1, -0.05) is 25.9 Å². The molecular weight excluding hydrogens is 254 g/mol. The van der Waals surface area contributed by atoms with E-state index in [-0.39, 0.29) is 11.5 Å². The van der Waals surface area contributed by atoms with Gasteiger partial charge < -0.3 is 15.4 Å². The second-order valence-electron chi connectivity index (χ2n) is 6.26. The quantitative estimate of drug-likeness (QED) is 0.879. The maximum absolute atomic E-state index is 9.79. The maximum Gasteiger partial charge on any atom is 0.244 e. The number of nitrogens with zero attached hydrogens (tertiary/aromatic N) is 2. The number of phenols is 1. The molecule has 0 aliphatic rings. The van der Waals surface area contributed by atoms with Crippen LogP contribution in [0.3, 0.4) is 0 Å². The molecule has 1 atom stereocenters. The number of benzene rings is 1. The van der Waals surface area contributed by atoms with Crippen LogP contribution in [-0.4, -0.2) is 15.2 Å². The fraction of sp³-hybridized carbons (Fsp3) is 0.467. The van der Waals surface area contributed by atoms with Crippen molar-refractivity contribution >= 4 is 0 Å². The lowest BCUT2D eigenvalue weighted by Crippen LogP contribution is -2.26. The predicted octanol–water partition coefficient (Wildman–Crippen LogP) is 3.10. The van der Waals surface area contributed by atoms with Crippen molar-refractivity contribution in [1.82, 2.24) is 10.1 Å². The van der Waals surface area contributed by atoms with E-state index < -0.39 is 0 Å². The van der Waals surface area contributed by atoms with Crippen molar-refractivity contribution in [3.63, 3.8) is 0 Å². The van der Waals surface area contributed by atoms with E-state index in [9.17, 15) is 5.11 Å². The van der Waals surface area contributed by atoms with Gasteiger partial charge in [0, 0.05) is 5.56 Å². The van der Waals surface area contributed by atoms with Gasteiger partial charge in [0.1, 0.15) is 5.75 Å². The molecule has 0 aliphatic carbocycles. The number of aromatic nitrogens is 2. The Morgan fingerprint density at radius 2 is 1.75 bits per heavy atom. The van der Waals surface area contributed by atoms with Crippen LogP contribution in [-0.2, 0) is 0 Å². The van der Waals surface area contributed by atoms with E-state index in [0.29, 0.717) is 17.5 Å². The Morgan fingerprint density at radius 3 is 2.25 bits per heavy atom. The van der Waals surface area contributed by atoms with E-state index in [1.54, 1.807) is 0 Å². The fourth-order valence-electron chi connectivity index (χ4n) is 1.93. The van der Waals surface area contributed by atoms with Gasteiger partial charge in [-0.15, -0.1) is 0 Å². The summed E-state index contributed by atoms with van der Waals surface area (Å²) in [7, 11) is 0. The molecule has 0 radical (unpaired) electrons. The van der Waals surface area contributed by atoms with Gasteiger partial charge in [0.15, 0.2) is 0 Å². The lowest BCUT2D eigenvalue weighted by Gasteiger charge is -2.23. The zero-order chi connectivity index (χ0) is 15.1. The van der Waals surface area contributed by atoms with Gasteiger partial charge in [0.05, 0.1) is 6.04 Å². The molecular formula is C15H21N3O2. The number of aryl methyl sites for hydroxylation is 2. The highest BCUT2D eigenvalue weighted by molar-refractivity contribution is 5.60. The normalized spacial score (nSPS) is 13.5. The molecule has 0 spiro atoms. The lowest BCUT2D eigenvalue weighted by molar-refractivity contribution is 0.253. The Bertz CT molecular complexity index is 603. The smallest absolute Gasteiger partial charge is 0.244 e. The van der Waals surface area contributed by atoms with Crippen molar-refractivity contribution in [1.29, 1.82) is 0 Å². The number of hydrogen-bond acceptors (Lipinski definition) is 5. The van der Waals surface area contributed by atoms with E-state index >= 15 is 0 Å². The minimum Gasteiger partial charge on any atom is -0.507 e. The minimum atomic E-state index is -0.317. The summed E-state index contributed by atoms with van der Waals surface area (Å²) in [6.07, 6.45) is 0. The Morgan fingerprint density at radius 1 is 1.20 bits per heavy atom. The van der Waals surface area contributed by atoms with Gasteiger partial charge in [-0.05, 0) is 42.5 Å². The molecule has 1 heterocycles. The van der Waals surface area contributed by atoms with E-state index in [4.69, 9.17) is 10.3 Å². The van der Waals surface area contributed by atoms with Gasteiger partial charge in [-0.25, -0.2) is 0 Å². The zero-order valence-electron chi connectivity index (χ0n) is 12.6. The third-order valence-corrected chi connectivity index (χ3v) is 3.39. The number of nitrogens with two attached hydrogens (primary N) is 1. The standard InChI is InChI=1S/C15H21N3O2/c1-8-6-10(7-9(2)11(8)19)13-17-14(20-18-13)12(16)15(3,4)5/h6-7,12,19H,16H2,1-5H3. The number of phenolic OH excluding ortho intramolecular Hbond substituents is 1. The van der Waals surface area contributed by atoms with Crippen LogP contribution in [0.1, 0.15) is 43.8 Å². The summed E-state index contributed by atoms with van der Waals surface area (Å²) in [5.41, 5.74) is 8.34. The number of hydrogen-bond donors (Lipinski definition) is 2. The molecule has 3 N–H and O–H groups in total. The summed E-state index contributed by atoms with van der Waals surface area (Å²) < 4.78 is 5.27. The first-order valence-corrected chi connectivity index (χ1v) is 6.60. The van der Waals surface area contributed by atoms with Crippen molar-refractivity contribution in [2.75, 3.05) is 0 Å². The Hall–Kier alpha value is -1.88. The van der Waals surface area contributed by atoms with Gasteiger partial charge in [0.2, 0.25) is 11.7 Å². The van der Waals surface area contributed by atoms with Crippen molar-refractivity contribution in [2.45, 2.75) is 40.7 Å². The van der Waals surface area contributed by atoms with E-state index in [1.165, 1.54) is 0 Å². The van der Waals surface area contributed by atoms with Gasteiger partial charge in [-0.2, -0.15) is 4.98 Å². The monoisotopic (exact) mass is 275 g/mol. The highest BCUT2D eigenvalue weighted by atomic mass is 16.5. The molecule has 0 saturated heterocycles. The molecule has 1 aromatic heterocycles. The summed E-state index contributed by atoms with van der Waals surface area (Å²) in [5.74, 6) is 1.21. The molecule has 20 heavy (non-hydrogen) atoms. The van der Waals surface area contributed by atoms with Gasteiger partial charge >= 0.3 is 0 Å². The van der Waals surface area contributed by atoms with Crippen LogP contribution in [0.4, 0.5) is 0 Å². The largest absolute Gasteiger partial charge is 0.507 e. The van der Waals surface area contributed by atoms with Crippen LogP contribution >= 0.6 is 0 Å². The molecule has 108 valence electrons. The first kappa shape index (κ1) is 14.5. The summed E-state index contributed by atoms with van der Waals surface area (Å²) in [4.78, 5) is 4.37. The summed E-state index contributed by atoms with van der Waals surface area (Å²) >= 11 is 0. The molecule has 0 saturated carbocycles. The van der Waals surface area contributed by atoms with Crippen molar-refractivity contribution in [3.8, 4) is 17.1 Å². The average Bonchev–Trinajstić information content (AvgIpc) is 2.82. The van der Waals surface area contributed by atoms with Crippen molar-refractivity contribution < 1.29 is 9.63 Å². The van der Waals surface area contributed by atoms with E-state index in [0.717, 1.165) is 16.7 Å². The highest BCUT2D eigenvalue weighted by Gasteiger charge is 2.27. The molecule has 2 aromatic rings. The van der Waals surface area contributed by atoms with Crippen LogP contribution in [0, 0.1) is 19.3 Å². The first-order valence-electron chi connectivity index (χ1n) is 6.60. The highest BCUT2D eigenvalue weighted by Crippen LogP contribution is 2.32. The van der Waals surface area contributed by atoms with Crippen LogP contribution in [0.25, 0.3) is 11.4 Å². The molecule has 0 aliphatic heterocycles. The third-order valence-electron chi connectivity index (χ3n) is 3.39. The van der Waals surface area contributed by atoms with Crippen molar-refractivity contribution in [3.05, 3.63) is 29.2 Å². The predicted molar refractivity (Wildman–Crippen MR) is 77.3 cm³/mol. The summed E-state index contributed by atoms with van der Waals surface area (Å²) in [6.45, 7) is 9.75. The Kier molecular flexibility index (Phi) is 3.56. The topological polar surface area (TPSA) is 85.2 Å². The SMILES string of the molecule is Cc1cc(-c2noc(C(N)C(C)(C)C)n2)cc(C)c1O. The molecule has 0 fully saturated rings. The molecule has 0 amide bonds. The molecule has 0 bridgehead atoms. The number of aromatic hydroxyl groups is 1. The maximum atomic E-state index is 9.79. The van der Waals surface area contributed by atoms with Crippen LogP contribution in [0.15, 0.2) is 16.7 Å². The second-order valence-corrected chi connectivity index (χ2v) is 6.26. The van der Waals surface area contributed by atoms with Crippen LogP contribution in [0.5, 0.6) is 5.75 Å². The fourth-order valence-corrected chi connectivity index (χ4v) is 1.93. The molecule has 5 nitrogen and oxygen atoms in total. The van der Waals surface area contributed by atoms with Crippen LogP contribution < -0.4 is 5.73 Å². The zero-order valence-corrected chi connectivity index (χ0v) is 12.6. The lowest BCUT2D eigenvalue weighted by atomic mass is 9.87. The van der Waals surface area contributed by atoms with E-state index in [1.807, 2.05) is 46.8 Å².